The number of amides is 2. The SMILES string of the molecule is Cc1ccccc1C(C)(C)CNC(=O)Nc1cc(C)n(C)n1. The molecule has 2 amide bonds. The molecule has 22 heavy (non-hydrogen) atoms. The highest BCUT2D eigenvalue weighted by Gasteiger charge is 2.23. The normalized spacial score (nSPS) is 11.3. The Kier molecular flexibility index (Phi) is 4.54. The van der Waals surface area contributed by atoms with Crippen LogP contribution in [0.2, 0.25) is 0 Å². The Bertz CT molecular complexity index is 654. The number of nitrogens with zero attached hydrogens (tertiary/aromatic N) is 2. The summed E-state index contributed by atoms with van der Waals surface area (Å²) in [7, 11) is 1.85. The van der Waals surface area contributed by atoms with Crippen LogP contribution < -0.4 is 10.6 Å². The summed E-state index contributed by atoms with van der Waals surface area (Å²) in [6, 6.07) is 9.86. The van der Waals surface area contributed by atoms with Crippen LogP contribution in [0.4, 0.5) is 10.6 Å². The lowest BCUT2D eigenvalue weighted by Crippen LogP contribution is -2.39. The summed E-state index contributed by atoms with van der Waals surface area (Å²) in [5.74, 6) is 0.561. The van der Waals surface area contributed by atoms with Crippen molar-refractivity contribution in [3.05, 3.63) is 47.2 Å². The molecule has 0 aliphatic heterocycles. The summed E-state index contributed by atoms with van der Waals surface area (Å²) in [4.78, 5) is 12.0. The van der Waals surface area contributed by atoms with Gasteiger partial charge in [0, 0.05) is 30.8 Å². The minimum Gasteiger partial charge on any atom is -0.337 e. The summed E-state index contributed by atoms with van der Waals surface area (Å²) < 4.78 is 1.73. The van der Waals surface area contributed by atoms with Gasteiger partial charge in [0.25, 0.3) is 0 Å². The molecule has 0 spiro atoms. The topological polar surface area (TPSA) is 59.0 Å². The van der Waals surface area contributed by atoms with Gasteiger partial charge in [-0.3, -0.25) is 10.00 Å². The molecule has 0 unspecified atom stereocenters. The van der Waals surface area contributed by atoms with Crippen molar-refractivity contribution in [1.82, 2.24) is 15.1 Å². The zero-order chi connectivity index (χ0) is 16.3. The van der Waals surface area contributed by atoms with Crippen LogP contribution >= 0.6 is 0 Å². The summed E-state index contributed by atoms with van der Waals surface area (Å²) >= 11 is 0. The highest BCUT2D eigenvalue weighted by molar-refractivity contribution is 5.88. The maximum Gasteiger partial charge on any atom is 0.320 e. The molecule has 0 bridgehead atoms. The first-order valence-corrected chi connectivity index (χ1v) is 7.41. The highest BCUT2D eigenvalue weighted by atomic mass is 16.2. The van der Waals surface area contributed by atoms with Gasteiger partial charge in [-0.15, -0.1) is 0 Å². The van der Waals surface area contributed by atoms with E-state index in [-0.39, 0.29) is 11.4 Å². The van der Waals surface area contributed by atoms with E-state index in [1.807, 2.05) is 32.2 Å². The largest absolute Gasteiger partial charge is 0.337 e. The number of aryl methyl sites for hydroxylation is 3. The third-order valence-electron chi connectivity index (χ3n) is 3.92. The lowest BCUT2D eigenvalue weighted by molar-refractivity contribution is 0.249. The quantitative estimate of drug-likeness (QED) is 0.911. The molecule has 1 aromatic carbocycles. The van der Waals surface area contributed by atoms with Crippen molar-refractivity contribution in [3.63, 3.8) is 0 Å². The molecule has 1 aromatic heterocycles. The van der Waals surface area contributed by atoms with Gasteiger partial charge in [-0.2, -0.15) is 5.10 Å². The number of rotatable bonds is 4. The van der Waals surface area contributed by atoms with Crippen LogP contribution in [0.5, 0.6) is 0 Å². The third-order valence-corrected chi connectivity index (χ3v) is 3.92. The molecule has 118 valence electrons. The number of benzene rings is 1. The van der Waals surface area contributed by atoms with Gasteiger partial charge >= 0.3 is 6.03 Å². The average molecular weight is 300 g/mol. The fourth-order valence-corrected chi connectivity index (χ4v) is 2.51. The predicted molar refractivity (Wildman–Crippen MR) is 89.2 cm³/mol. The molecule has 0 saturated heterocycles. The van der Waals surface area contributed by atoms with E-state index in [0.29, 0.717) is 12.4 Å². The van der Waals surface area contributed by atoms with Gasteiger partial charge in [0.15, 0.2) is 5.82 Å². The monoisotopic (exact) mass is 300 g/mol. The molecule has 5 nitrogen and oxygen atoms in total. The average Bonchev–Trinajstić information content (AvgIpc) is 2.75. The smallest absolute Gasteiger partial charge is 0.320 e. The first-order chi connectivity index (χ1) is 10.3. The molecule has 2 N–H and O–H groups in total. The first-order valence-electron chi connectivity index (χ1n) is 7.41. The number of aromatic nitrogens is 2. The van der Waals surface area contributed by atoms with Crippen molar-refractivity contribution in [2.24, 2.45) is 7.05 Å². The number of carbonyl (C=O) groups excluding carboxylic acids is 1. The molecule has 0 fully saturated rings. The number of urea groups is 1. The molecule has 0 saturated carbocycles. The Morgan fingerprint density at radius 3 is 2.55 bits per heavy atom. The van der Waals surface area contributed by atoms with Crippen LogP contribution in [-0.2, 0) is 12.5 Å². The van der Waals surface area contributed by atoms with Gasteiger partial charge < -0.3 is 5.32 Å². The zero-order valence-corrected chi connectivity index (χ0v) is 13.9. The zero-order valence-electron chi connectivity index (χ0n) is 13.9. The van der Waals surface area contributed by atoms with Gasteiger partial charge in [0.1, 0.15) is 0 Å². The summed E-state index contributed by atoms with van der Waals surface area (Å²) in [5, 5.41) is 9.90. The van der Waals surface area contributed by atoms with E-state index in [4.69, 9.17) is 0 Å². The van der Waals surface area contributed by atoms with Crippen LogP contribution in [0, 0.1) is 13.8 Å². The van der Waals surface area contributed by atoms with Gasteiger partial charge in [-0.1, -0.05) is 38.1 Å². The van der Waals surface area contributed by atoms with Crippen molar-refractivity contribution in [1.29, 1.82) is 0 Å². The van der Waals surface area contributed by atoms with Gasteiger partial charge in [0.2, 0.25) is 0 Å². The van der Waals surface area contributed by atoms with Gasteiger partial charge in [-0.05, 0) is 25.0 Å². The predicted octanol–water partition coefficient (Wildman–Crippen LogP) is 3.14. The van der Waals surface area contributed by atoms with Crippen LogP contribution in [0.3, 0.4) is 0 Å². The lowest BCUT2D eigenvalue weighted by atomic mass is 9.82. The molecule has 0 radical (unpaired) electrons. The third kappa shape index (κ3) is 3.67. The van der Waals surface area contributed by atoms with Crippen molar-refractivity contribution >= 4 is 11.8 Å². The van der Waals surface area contributed by atoms with E-state index in [1.54, 1.807) is 4.68 Å². The molecule has 5 heteroatoms. The fraction of sp³-hybridized carbons (Fsp3) is 0.412. The first kappa shape index (κ1) is 16.1. The molecule has 0 aliphatic rings. The van der Waals surface area contributed by atoms with E-state index in [2.05, 4.69) is 48.6 Å². The van der Waals surface area contributed by atoms with Gasteiger partial charge in [-0.25, -0.2) is 4.79 Å². The number of carbonyl (C=O) groups is 1. The Labute approximate surface area is 131 Å². The van der Waals surface area contributed by atoms with E-state index < -0.39 is 0 Å². The molecular weight excluding hydrogens is 276 g/mol. The number of anilines is 1. The second-order valence-electron chi connectivity index (χ2n) is 6.30. The van der Waals surface area contributed by atoms with Crippen molar-refractivity contribution in [2.45, 2.75) is 33.1 Å². The van der Waals surface area contributed by atoms with Crippen LogP contribution in [-0.4, -0.2) is 22.4 Å². The van der Waals surface area contributed by atoms with E-state index in [1.165, 1.54) is 11.1 Å². The Hall–Kier alpha value is -2.30. The number of hydrogen-bond acceptors (Lipinski definition) is 2. The van der Waals surface area contributed by atoms with Crippen molar-refractivity contribution in [3.8, 4) is 0 Å². The van der Waals surface area contributed by atoms with E-state index in [0.717, 1.165) is 5.69 Å². The molecule has 2 rings (SSSR count). The number of hydrogen-bond donors (Lipinski definition) is 2. The fourth-order valence-electron chi connectivity index (χ4n) is 2.51. The minimum atomic E-state index is -0.236. The second-order valence-corrected chi connectivity index (χ2v) is 6.30. The summed E-state index contributed by atoms with van der Waals surface area (Å²) in [5.41, 5.74) is 3.33. The van der Waals surface area contributed by atoms with Crippen molar-refractivity contribution in [2.75, 3.05) is 11.9 Å². The van der Waals surface area contributed by atoms with Crippen molar-refractivity contribution < 1.29 is 4.79 Å². The molecule has 2 aromatic rings. The highest BCUT2D eigenvalue weighted by Crippen LogP contribution is 2.25. The summed E-state index contributed by atoms with van der Waals surface area (Å²) in [6.07, 6.45) is 0. The standard InChI is InChI=1S/C17H24N4O/c1-12-8-6-7-9-14(12)17(3,4)11-18-16(22)19-15-10-13(2)21(5)20-15/h6-10H,11H2,1-5H3,(H2,18,19,20,22). The molecule has 1 heterocycles. The Morgan fingerprint density at radius 2 is 1.95 bits per heavy atom. The summed E-state index contributed by atoms with van der Waals surface area (Å²) in [6.45, 7) is 8.84. The Balaban J connectivity index is 1.97. The Morgan fingerprint density at radius 1 is 1.27 bits per heavy atom. The van der Waals surface area contributed by atoms with Crippen LogP contribution in [0.15, 0.2) is 30.3 Å². The minimum absolute atomic E-state index is 0.136. The molecule has 0 aliphatic carbocycles. The maximum atomic E-state index is 12.0. The maximum absolute atomic E-state index is 12.0. The molecule has 0 atom stereocenters. The van der Waals surface area contributed by atoms with E-state index in [9.17, 15) is 4.79 Å². The van der Waals surface area contributed by atoms with E-state index >= 15 is 0 Å². The second kappa shape index (κ2) is 6.22. The van der Waals surface area contributed by atoms with Crippen LogP contribution in [0.25, 0.3) is 0 Å². The lowest BCUT2D eigenvalue weighted by Gasteiger charge is -2.27. The van der Waals surface area contributed by atoms with Gasteiger partial charge in [0.05, 0.1) is 0 Å². The number of nitrogens with one attached hydrogen (secondary N) is 2. The van der Waals surface area contributed by atoms with Crippen LogP contribution in [0.1, 0.15) is 30.7 Å². The molecular formula is C17H24N4O.